The van der Waals surface area contributed by atoms with Crippen molar-refractivity contribution in [1.82, 2.24) is 20.4 Å². The number of aromatic nitrogens is 2. The average molecular weight is 347 g/mol. The van der Waals surface area contributed by atoms with Crippen LogP contribution in [0.1, 0.15) is 19.8 Å². The fraction of sp³-hybridized carbons (Fsp3) is 0.533. The Balaban J connectivity index is 1.47. The summed E-state index contributed by atoms with van der Waals surface area (Å²) in [5.74, 6) is -0.596. The van der Waals surface area contributed by atoms with Gasteiger partial charge in [-0.2, -0.15) is 0 Å². The number of carbonyl (C=O) groups excluding carboxylic acids is 3. The van der Waals surface area contributed by atoms with Gasteiger partial charge < -0.3 is 5.32 Å². The van der Waals surface area contributed by atoms with Gasteiger partial charge in [0.25, 0.3) is 0 Å². The van der Waals surface area contributed by atoms with E-state index in [4.69, 9.17) is 0 Å². The lowest BCUT2D eigenvalue weighted by Gasteiger charge is -2.38. The van der Waals surface area contributed by atoms with E-state index in [0.29, 0.717) is 5.13 Å². The predicted molar refractivity (Wildman–Crippen MR) is 85.7 cm³/mol. The molecule has 2 bridgehead atoms. The number of likely N-dealkylation sites (tertiary alicyclic amines) is 1. The Morgan fingerprint density at radius 2 is 1.88 bits per heavy atom. The van der Waals surface area contributed by atoms with E-state index >= 15 is 0 Å². The monoisotopic (exact) mass is 347 g/mol. The molecule has 5 rings (SSSR count). The lowest BCUT2D eigenvalue weighted by molar-refractivity contribution is -0.142. The number of nitrogens with zero attached hydrogens (tertiary/aromatic N) is 3. The first kappa shape index (κ1) is 15.3. The van der Waals surface area contributed by atoms with Crippen LogP contribution in [0.5, 0.6) is 0 Å². The van der Waals surface area contributed by atoms with Gasteiger partial charge in [0.15, 0.2) is 0 Å². The van der Waals surface area contributed by atoms with Crippen LogP contribution in [0.3, 0.4) is 0 Å². The van der Waals surface area contributed by atoms with Crippen LogP contribution in [0.4, 0.5) is 9.93 Å². The molecule has 4 aliphatic rings. The molecule has 3 aliphatic carbocycles. The second kappa shape index (κ2) is 5.66. The average Bonchev–Trinajstić information content (AvgIpc) is 3.16. The smallest absolute Gasteiger partial charge is 0.317 e. The van der Waals surface area contributed by atoms with Gasteiger partial charge in [-0.3, -0.25) is 19.8 Å². The minimum Gasteiger partial charge on any atom is -0.317 e. The van der Waals surface area contributed by atoms with Crippen molar-refractivity contribution in [2.45, 2.75) is 25.9 Å². The highest BCUT2D eigenvalue weighted by Gasteiger charge is 2.57. The zero-order valence-corrected chi connectivity index (χ0v) is 13.8. The maximum absolute atomic E-state index is 12.8. The van der Waals surface area contributed by atoms with E-state index in [1.807, 2.05) is 0 Å². The van der Waals surface area contributed by atoms with Crippen molar-refractivity contribution in [3.05, 3.63) is 17.7 Å². The van der Waals surface area contributed by atoms with Gasteiger partial charge in [-0.15, -0.1) is 10.2 Å². The lowest BCUT2D eigenvalue weighted by atomic mass is 9.63. The Hall–Kier alpha value is -2.29. The largest absolute Gasteiger partial charge is 0.322 e. The van der Waals surface area contributed by atoms with Crippen molar-refractivity contribution < 1.29 is 14.4 Å². The fourth-order valence-electron chi connectivity index (χ4n) is 4.09. The molecular weight excluding hydrogens is 330 g/mol. The van der Waals surface area contributed by atoms with Crippen LogP contribution >= 0.6 is 11.3 Å². The van der Waals surface area contributed by atoms with Crippen LogP contribution in [0, 0.1) is 23.7 Å². The maximum Gasteiger partial charge on any atom is 0.322 e. The van der Waals surface area contributed by atoms with Crippen molar-refractivity contribution in [2.75, 3.05) is 5.32 Å². The van der Waals surface area contributed by atoms with Gasteiger partial charge in [-0.1, -0.05) is 23.5 Å². The summed E-state index contributed by atoms with van der Waals surface area (Å²) in [4.78, 5) is 38.7. The molecule has 0 aromatic carbocycles. The zero-order chi connectivity index (χ0) is 16.8. The summed E-state index contributed by atoms with van der Waals surface area (Å²) >= 11 is 1.19. The molecule has 9 heteroatoms. The van der Waals surface area contributed by atoms with Crippen molar-refractivity contribution in [2.24, 2.45) is 23.7 Å². The van der Waals surface area contributed by atoms with Crippen molar-refractivity contribution in [1.29, 1.82) is 0 Å². The normalized spacial score (nSPS) is 32.0. The Labute approximate surface area is 142 Å². The quantitative estimate of drug-likeness (QED) is 0.631. The molecule has 0 radical (unpaired) electrons. The van der Waals surface area contributed by atoms with E-state index in [1.165, 1.54) is 21.7 Å². The summed E-state index contributed by atoms with van der Waals surface area (Å²) in [6, 6.07) is -0.518. The Bertz CT molecular complexity index is 687. The van der Waals surface area contributed by atoms with Gasteiger partial charge in [0.05, 0.1) is 11.8 Å². The van der Waals surface area contributed by atoms with E-state index in [1.54, 1.807) is 6.92 Å². The number of urea groups is 1. The van der Waals surface area contributed by atoms with E-state index in [9.17, 15) is 14.4 Å². The number of carbonyl (C=O) groups is 3. The van der Waals surface area contributed by atoms with E-state index in [0.717, 1.165) is 12.8 Å². The van der Waals surface area contributed by atoms with E-state index < -0.39 is 12.2 Å². The van der Waals surface area contributed by atoms with Gasteiger partial charge in [0.2, 0.25) is 16.9 Å². The number of fused-ring (bicyclic) bond motifs is 1. The maximum atomic E-state index is 12.8. The number of amides is 4. The molecule has 5 atom stereocenters. The van der Waals surface area contributed by atoms with Crippen LogP contribution in [0.15, 0.2) is 17.7 Å². The van der Waals surface area contributed by atoms with Crippen LogP contribution in [-0.2, 0) is 9.59 Å². The third-order valence-corrected chi connectivity index (χ3v) is 5.71. The van der Waals surface area contributed by atoms with Crippen LogP contribution < -0.4 is 10.6 Å². The highest BCUT2D eigenvalue weighted by molar-refractivity contribution is 7.13. The topological polar surface area (TPSA) is 104 Å². The Morgan fingerprint density at radius 1 is 1.25 bits per heavy atom. The van der Waals surface area contributed by atoms with Crippen LogP contribution in [0.2, 0.25) is 0 Å². The number of hydrogen-bond donors (Lipinski definition) is 2. The number of rotatable bonds is 3. The standard InChI is InChI=1S/C15H17N5O3S/c1-7(17-14(23)18-15-19-16-6-24-15)20-12(21)10-8-2-3-9(5-4-8)11(10)13(20)22/h2-3,6-11H,4-5H2,1H3,(H2,17,18,19,23)/t7-,8+,9+,10-,11+/m1/s1. The Kier molecular flexibility index (Phi) is 3.60. The summed E-state index contributed by atoms with van der Waals surface area (Å²) in [6.07, 6.45) is 5.35. The Morgan fingerprint density at radius 3 is 2.38 bits per heavy atom. The lowest BCUT2D eigenvalue weighted by Crippen LogP contribution is -2.50. The van der Waals surface area contributed by atoms with Gasteiger partial charge in [-0.05, 0) is 31.6 Å². The summed E-state index contributed by atoms with van der Waals surface area (Å²) in [7, 11) is 0. The molecule has 0 unspecified atom stereocenters. The molecule has 1 saturated heterocycles. The predicted octanol–water partition coefficient (Wildman–Crippen LogP) is 1.20. The molecule has 24 heavy (non-hydrogen) atoms. The van der Waals surface area contributed by atoms with E-state index in [2.05, 4.69) is 33.0 Å². The minimum atomic E-state index is -0.706. The molecule has 1 aromatic rings. The second-order valence-corrected chi connectivity index (χ2v) is 7.24. The van der Waals surface area contributed by atoms with Gasteiger partial charge >= 0.3 is 6.03 Å². The van der Waals surface area contributed by atoms with E-state index in [-0.39, 0.29) is 35.5 Å². The van der Waals surface area contributed by atoms with Crippen molar-refractivity contribution >= 4 is 34.3 Å². The molecule has 2 heterocycles. The van der Waals surface area contributed by atoms with Crippen LogP contribution in [-0.4, -0.2) is 39.1 Å². The molecule has 4 amide bonds. The summed E-state index contributed by atoms with van der Waals surface area (Å²) < 4.78 is 0. The number of anilines is 1. The van der Waals surface area contributed by atoms with Crippen molar-refractivity contribution in [3.63, 3.8) is 0 Å². The number of imide groups is 1. The summed E-state index contributed by atoms with van der Waals surface area (Å²) in [6.45, 7) is 1.64. The summed E-state index contributed by atoms with van der Waals surface area (Å²) in [5.41, 5.74) is 1.50. The molecule has 1 aliphatic heterocycles. The fourth-order valence-corrected chi connectivity index (χ4v) is 4.53. The molecule has 1 saturated carbocycles. The third kappa shape index (κ3) is 2.31. The first-order valence-corrected chi connectivity index (χ1v) is 8.83. The number of nitrogens with one attached hydrogen (secondary N) is 2. The second-order valence-electron chi connectivity index (χ2n) is 6.41. The number of allylic oxidation sites excluding steroid dienone is 2. The molecule has 126 valence electrons. The van der Waals surface area contributed by atoms with Gasteiger partial charge in [0.1, 0.15) is 11.7 Å². The highest BCUT2D eigenvalue weighted by atomic mass is 32.1. The molecule has 2 N–H and O–H groups in total. The third-order valence-electron chi connectivity index (χ3n) is 5.10. The first-order chi connectivity index (χ1) is 11.6. The molecule has 2 fully saturated rings. The molecule has 0 spiro atoms. The number of hydrogen-bond acceptors (Lipinski definition) is 6. The molecule has 1 aromatic heterocycles. The summed E-state index contributed by atoms with van der Waals surface area (Å²) in [5, 5.41) is 12.9. The highest BCUT2D eigenvalue weighted by Crippen LogP contribution is 2.49. The van der Waals surface area contributed by atoms with Crippen molar-refractivity contribution in [3.8, 4) is 0 Å². The zero-order valence-electron chi connectivity index (χ0n) is 13.0. The van der Waals surface area contributed by atoms with Gasteiger partial charge in [0, 0.05) is 0 Å². The molecular formula is C15H17N5O3S. The first-order valence-electron chi connectivity index (χ1n) is 7.95. The van der Waals surface area contributed by atoms with Gasteiger partial charge in [-0.25, -0.2) is 4.79 Å². The SMILES string of the molecule is C[C@H](NC(=O)Nc1nncs1)N1C(=O)[C@@H]2[C@H](C1=O)[C@H]1C=C[C@H]2CC1. The molecule has 8 nitrogen and oxygen atoms in total. The minimum absolute atomic E-state index is 0.142. The van der Waals surface area contributed by atoms with Crippen LogP contribution in [0.25, 0.3) is 0 Å².